The molecule has 0 unspecified atom stereocenters. The smallest absolute Gasteiger partial charge is 0.123 e. The molecule has 0 N–H and O–H groups in total. The van der Waals surface area contributed by atoms with E-state index < -0.39 is 0 Å². The van der Waals surface area contributed by atoms with E-state index in [9.17, 15) is 13.2 Å². The normalized spacial score (nSPS) is 11.0. The Morgan fingerprint density at radius 2 is 0.680 bits per heavy atom. The Hall–Kier alpha value is -2.59. The lowest BCUT2D eigenvalue weighted by Crippen LogP contribution is -2.22. The molecule has 0 saturated heterocycles. The van der Waals surface area contributed by atoms with Crippen LogP contribution in [0, 0.1) is 17.5 Å². The molecule has 0 bridgehead atoms. The van der Waals surface area contributed by atoms with Crippen LogP contribution in [0.3, 0.4) is 0 Å². The van der Waals surface area contributed by atoms with Gasteiger partial charge in [-0.3, -0.25) is 4.90 Å². The maximum Gasteiger partial charge on any atom is 0.123 e. The van der Waals surface area contributed by atoms with Crippen molar-refractivity contribution in [1.29, 1.82) is 0 Å². The fourth-order valence-electron chi connectivity index (χ4n) is 2.71. The monoisotopic (exact) mass is 341 g/mol. The van der Waals surface area contributed by atoms with Crippen LogP contribution in [0.2, 0.25) is 0 Å². The van der Waals surface area contributed by atoms with Crippen LogP contribution in [0.15, 0.2) is 72.8 Å². The van der Waals surface area contributed by atoms with E-state index in [4.69, 9.17) is 0 Å². The quantitative estimate of drug-likeness (QED) is 0.587. The van der Waals surface area contributed by atoms with Gasteiger partial charge in [0.15, 0.2) is 0 Å². The van der Waals surface area contributed by atoms with Crippen LogP contribution in [0.4, 0.5) is 13.2 Å². The van der Waals surface area contributed by atoms with Crippen molar-refractivity contribution in [2.24, 2.45) is 0 Å². The SMILES string of the molecule is Fc1ccc(CN(Cc2ccc(F)cc2)Cc2ccc(F)cc2)cc1. The summed E-state index contributed by atoms with van der Waals surface area (Å²) in [7, 11) is 0. The Balaban J connectivity index is 1.77. The van der Waals surface area contributed by atoms with Gasteiger partial charge in [0, 0.05) is 19.6 Å². The van der Waals surface area contributed by atoms with E-state index in [0.717, 1.165) is 16.7 Å². The Labute approximate surface area is 145 Å². The molecule has 0 radical (unpaired) electrons. The van der Waals surface area contributed by atoms with Gasteiger partial charge in [0.25, 0.3) is 0 Å². The van der Waals surface area contributed by atoms with Gasteiger partial charge >= 0.3 is 0 Å². The maximum atomic E-state index is 13.1. The molecule has 0 amide bonds. The molecule has 0 saturated carbocycles. The van der Waals surface area contributed by atoms with E-state index in [1.165, 1.54) is 36.4 Å². The van der Waals surface area contributed by atoms with E-state index in [-0.39, 0.29) is 17.5 Å². The summed E-state index contributed by atoms with van der Waals surface area (Å²) in [5.41, 5.74) is 2.93. The maximum absolute atomic E-state index is 13.1. The van der Waals surface area contributed by atoms with Gasteiger partial charge in [0.1, 0.15) is 17.5 Å². The topological polar surface area (TPSA) is 3.24 Å². The molecule has 3 rings (SSSR count). The Kier molecular flexibility index (Phi) is 5.51. The van der Waals surface area contributed by atoms with Gasteiger partial charge in [-0.15, -0.1) is 0 Å². The Bertz CT molecular complexity index is 683. The molecule has 0 heterocycles. The van der Waals surface area contributed by atoms with Gasteiger partial charge in [-0.2, -0.15) is 0 Å². The second-order valence-corrected chi connectivity index (χ2v) is 6.02. The highest BCUT2D eigenvalue weighted by molar-refractivity contribution is 5.20. The third-order valence-corrected chi connectivity index (χ3v) is 3.96. The molecule has 3 aromatic carbocycles. The first kappa shape index (κ1) is 17.2. The summed E-state index contributed by atoms with van der Waals surface area (Å²) in [5.74, 6) is -0.813. The minimum Gasteiger partial charge on any atom is -0.291 e. The van der Waals surface area contributed by atoms with Crippen molar-refractivity contribution in [2.45, 2.75) is 19.6 Å². The first-order valence-electron chi connectivity index (χ1n) is 8.04. The predicted molar refractivity (Wildman–Crippen MR) is 92.2 cm³/mol. The van der Waals surface area contributed by atoms with Gasteiger partial charge in [-0.05, 0) is 53.1 Å². The van der Waals surface area contributed by atoms with E-state index in [0.29, 0.717) is 19.6 Å². The number of hydrogen-bond donors (Lipinski definition) is 0. The fourth-order valence-corrected chi connectivity index (χ4v) is 2.71. The summed E-state index contributed by atoms with van der Waals surface area (Å²) in [4.78, 5) is 2.15. The lowest BCUT2D eigenvalue weighted by Gasteiger charge is -2.23. The summed E-state index contributed by atoms with van der Waals surface area (Å²) in [6.07, 6.45) is 0. The van der Waals surface area contributed by atoms with E-state index >= 15 is 0 Å². The molecule has 3 aromatic rings. The molecule has 0 spiro atoms. The van der Waals surface area contributed by atoms with Crippen LogP contribution in [0.25, 0.3) is 0 Å². The van der Waals surface area contributed by atoms with Crippen molar-refractivity contribution in [1.82, 2.24) is 4.90 Å². The van der Waals surface area contributed by atoms with Crippen molar-refractivity contribution >= 4 is 0 Å². The molecule has 0 aliphatic heterocycles. The minimum absolute atomic E-state index is 0.271. The fraction of sp³-hybridized carbons (Fsp3) is 0.143. The molecule has 0 aliphatic carbocycles. The van der Waals surface area contributed by atoms with Crippen molar-refractivity contribution in [3.8, 4) is 0 Å². The van der Waals surface area contributed by atoms with Gasteiger partial charge in [0.05, 0.1) is 0 Å². The molecule has 0 aromatic heterocycles. The first-order chi connectivity index (χ1) is 12.1. The summed E-state index contributed by atoms with van der Waals surface area (Å²) in [6.45, 7) is 1.82. The van der Waals surface area contributed by atoms with Crippen LogP contribution in [-0.4, -0.2) is 4.90 Å². The zero-order valence-corrected chi connectivity index (χ0v) is 13.6. The largest absolute Gasteiger partial charge is 0.291 e. The number of rotatable bonds is 6. The Morgan fingerprint density at radius 1 is 0.440 bits per heavy atom. The zero-order chi connectivity index (χ0) is 17.6. The summed E-state index contributed by atoms with van der Waals surface area (Å²) < 4.78 is 39.3. The highest BCUT2D eigenvalue weighted by atomic mass is 19.1. The third kappa shape index (κ3) is 5.19. The van der Waals surface area contributed by atoms with Crippen LogP contribution in [0.5, 0.6) is 0 Å². The lowest BCUT2D eigenvalue weighted by atomic mass is 10.1. The summed E-state index contributed by atoms with van der Waals surface area (Å²) in [5, 5.41) is 0. The van der Waals surface area contributed by atoms with Gasteiger partial charge in [-0.1, -0.05) is 36.4 Å². The number of benzene rings is 3. The standard InChI is InChI=1S/C21H18F3N/c22-19-7-1-16(2-8-19)13-25(14-17-3-9-20(23)10-4-17)15-18-5-11-21(24)12-6-18/h1-12H,13-15H2. The molecule has 0 fully saturated rings. The molecule has 1 nitrogen and oxygen atoms in total. The summed E-state index contributed by atoms with van der Waals surface area (Å²) >= 11 is 0. The highest BCUT2D eigenvalue weighted by Crippen LogP contribution is 2.15. The van der Waals surface area contributed by atoms with Crippen LogP contribution < -0.4 is 0 Å². The third-order valence-electron chi connectivity index (χ3n) is 3.96. The van der Waals surface area contributed by atoms with E-state index in [2.05, 4.69) is 4.90 Å². The number of nitrogens with zero attached hydrogens (tertiary/aromatic N) is 1. The van der Waals surface area contributed by atoms with Crippen molar-refractivity contribution < 1.29 is 13.2 Å². The number of hydrogen-bond acceptors (Lipinski definition) is 1. The molecule has 0 aliphatic rings. The predicted octanol–water partition coefficient (Wildman–Crippen LogP) is 5.31. The molecule has 4 heteroatoms. The zero-order valence-electron chi connectivity index (χ0n) is 13.6. The molecule has 0 atom stereocenters. The highest BCUT2D eigenvalue weighted by Gasteiger charge is 2.09. The average molecular weight is 341 g/mol. The molecule has 128 valence electrons. The molecular weight excluding hydrogens is 323 g/mol. The first-order valence-corrected chi connectivity index (χ1v) is 8.04. The second-order valence-electron chi connectivity index (χ2n) is 6.02. The van der Waals surface area contributed by atoms with Crippen molar-refractivity contribution in [3.63, 3.8) is 0 Å². The average Bonchev–Trinajstić information content (AvgIpc) is 2.61. The minimum atomic E-state index is -0.271. The van der Waals surface area contributed by atoms with Gasteiger partial charge in [-0.25, -0.2) is 13.2 Å². The van der Waals surface area contributed by atoms with Crippen LogP contribution >= 0.6 is 0 Å². The van der Waals surface area contributed by atoms with Gasteiger partial charge in [0.2, 0.25) is 0 Å². The Morgan fingerprint density at radius 3 is 0.920 bits per heavy atom. The lowest BCUT2D eigenvalue weighted by molar-refractivity contribution is 0.247. The number of halogens is 3. The molecular formula is C21H18F3N. The second kappa shape index (κ2) is 7.99. The van der Waals surface area contributed by atoms with Crippen molar-refractivity contribution in [3.05, 3.63) is 107 Å². The van der Waals surface area contributed by atoms with Gasteiger partial charge < -0.3 is 0 Å². The summed E-state index contributed by atoms with van der Waals surface area (Å²) in [6, 6.07) is 19.1. The van der Waals surface area contributed by atoms with Crippen LogP contribution in [0.1, 0.15) is 16.7 Å². The van der Waals surface area contributed by atoms with E-state index in [1.807, 2.05) is 0 Å². The molecule has 25 heavy (non-hydrogen) atoms. The van der Waals surface area contributed by atoms with E-state index in [1.54, 1.807) is 36.4 Å². The van der Waals surface area contributed by atoms with Crippen molar-refractivity contribution in [2.75, 3.05) is 0 Å². The van der Waals surface area contributed by atoms with Crippen LogP contribution in [-0.2, 0) is 19.6 Å².